The molecule has 0 amide bonds. The molecule has 2 heterocycles. The van der Waals surface area contributed by atoms with E-state index in [1.54, 1.807) is 0 Å². The van der Waals surface area contributed by atoms with E-state index in [0.717, 1.165) is 11.3 Å². The third kappa shape index (κ3) is 2.17. The molecule has 2 rings (SSSR count). The summed E-state index contributed by atoms with van der Waals surface area (Å²) < 4.78 is 5.54. The van der Waals surface area contributed by atoms with E-state index in [1.807, 2.05) is 25.3 Å². The minimum absolute atomic E-state index is 0.281. The molecule has 0 fully saturated rings. The van der Waals surface area contributed by atoms with Crippen LogP contribution >= 0.6 is 0 Å². The summed E-state index contributed by atoms with van der Waals surface area (Å²) in [5.41, 5.74) is 1.99. The van der Waals surface area contributed by atoms with Gasteiger partial charge in [-0.1, -0.05) is 19.9 Å². The Labute approximate surface area is 90.2 Å². The average molecular weight is 204 g/mol. The molecule has 1 aromatic heterocycles. The van der Waals surface area contributed by atoms with E-state index in [4.69, 9.17) is 4.74 Å². The fraction of sp³-hybridized carbons (Fsp3) is 0.500. The van der Waals surface area contributed by atoms with Crippen LogP contribution < -0.4 is 0 Å². The van der Waals surface area contributed by atoms with Crippen molar-refractivity contribution in [1.82, 2.24) is 4.98 Å². The van der Waals surface area contributed by atoms with Gasteiger partial charge in [0.25, 0.3) is 0 Å². The van der Waals surface area contributed by atoms with Gasteiger partial charge in [-0.15, -0.1) is 0 Å². The van der Waals surface area contributed by atoms with Crippen molar-refractivity contribution in [2.75, 3.05) is 6.61 Å². The standard InChI is InChI=1S/C12H16N2O/c1-8(2)11-7-15-12(14-11)10-5-4-9(3)6-13-10/h4-6,8,11H,7H2,1-3H3/t11-/m0/s1. The first-order chi connectivity index (χ1) is 7.16. The molecule has 0 N–H and O–H groups in total. The quantitative estimate of drug-likeness (QED) is 0.740. The highest BCUT2D eigenvalue weighted by molar-refractivity contribution is 5.93. The minimum Gasteiger partial charge on any atom is -0.474 e. The molecular weight excluding hydrogens is 188 g/mol. The van der Waals surface area contributed by atoms with Crippen molar-refractivity contribution in [3.8, 4) is 0 Å². The molecule has 0 bridgehead atoms. The van der Waals surface area contributed by atoms with Gasteiger partial charge < -0.3 is 4.74 Å². The van der Waals surface area contributed by atoms with Crippen molar-refractivity contribution < 1.29 is 4.74 Å². The molecule has 0 radical (unpaired) electrons. The molecule has 0 saturated heterocycles. The number of ether oxygens (including phenoxy) is 1. The molecule has 0 aliphatic carbocycles. The highest BCUT2D eigenvalue weighted by Crippen LogP contribution is 2.16. The summed E-state index contributed by atoms with van der Waals surface area (Å²) in [6, 6.07) is 4.26. The monoisotopic (exact) mass is 204 g/mol. The summed E-state index contributed by atoms with van der Waals surface area (Å²) in [6.45, 7) is 7.01. The smallest absolute Gasteiger partial charge is 0.235 e. The van der Waals surface area contributed by atoms with E-state index in [9.17, 15) is 0 Å². The first-order valence-electron chi connectivity index (χ1n) is 5.30. The van der Waals surface area contributed by atoms with E-state index in [-0.39, 0.29) is 6.04 Å². The summed E-state index contributed by atoms with van der Waals surface area (Å²) in [5.74, 6) is 1.21. The van der Waals surface area contributed by atoms with E-state index in [2.05, 4.69) is 23.8 Å². The predicted octanol–water partition coefficient (Wildman–Crippen LogP) is 2.19. The number of aryl methyl sites for hydroxylation is 1. The number of aromatic nitrogens is 1. The van der Waals surface area contributed by atoms with Gasteiger partial charge in [-0.2, -0.15) is 0 Å². The molecule has 1 aliphatic heterocycles. The van der Waals surface area contributed by atoms with Gasteiger partial charge in [0.1, 0.15) is 12.3 Å². The number of pyridine rings is 1. The Kier molecular flexibility index (Phi) is 2.71. The highest BCUT2D eigenvalue weighted by atomic mass is 16.5. The lowest BCUT2D eigenvalue weighted by Crippen LogP contribution is -2.13. The Balaban J connectivity index is 2.19. The van der Waals surface area contributed by atoms with Crippen molar-refractivity contribution in [3.05, 3.63) is 29.6 Å². The minimum atomic E-state index is 0.281. The van der Waals surface area contributed by atoms with Crippen molar-refractivity contribution in [2.45, 2.75) is 26.8 Å². The molecule has 15 heavy (non-hydrogen) atoms. The van der Waals surface area contributed by atoms with Crippen molar-refractivity contribution in [2.24, 2.45) is 10.9 Å². The molecule has 3 nitrogen and oxygen atoms in total. The van der Waals surface area contributed by atoms with Crippen LogP contribution in [-0.4, -0.2) is 23.5 Å². The second kappa shape index (κ2) is 4.01. The molecule has 1 aliphatic rings. The van der Waals surface area contributed by atoms with Crippen LogP contribution in [0, 0.1) is 12.8 Å². The summed E-state index contributed by atoms with van der Waals surface area (Å²) in [6.07, 6.45) is 1.84. The van der Waals surface area contributed by atoms with Crippen LogP contribution in [0.3, 0.4) is 0 Å². The van der Waals surface area contributed by atoms with Crippen LogP contribution in [0.25, 0.3) is 0 Å². The van der Waals surface area contributed by atoms with Gasteiger partial charge in [0, 0.05) is 6.20 Å². The van der Waals surface area contributed by atoms with Gasteiger partial charge in [-0.05, 0) is 24.5 Å². The number of hydrogen-bond donors (Lipinski definition) is 0. The van der Waals surface area contributed by atoms with E-state index in [0.29, 0.717) is 18.4 Å². The number of nitrogens with zero attached hydrogens (tertiary/aromatic N) is 2. The normalized spacial score (nSPS) is 20.3. The zero-order valence-electron chi connectivity index (χ0n) is 9.40. The lowest BCUT2D eigenvalue weighted by atomic mass is 10.1. The van der Waals surface area contributed by atoms with Crippen LogP contribution in [0.4, 0.5) is 0 Å². The predicted molar refractivity (Wildman–Crippen MR) is 60.1 cm³/mol. The second-order valence-corrected chi connectivity index (χ2v) is 4.28. The Hall–Kier alpha value is -1.38. The van der Waals surface area contributed by atoms with Crippen molar-refractivity contribution in [1.29, 1.82) is 0 Å². The fourth-order valence-electron chi connectivity index (χ4n) is 1.47. The lowest BCUT2D eigenvalue weighted by Gasteiger charge is -2.06. The summed E-state index contributed by atoms with van der Waals surface area (Å²) in [5, 5.41) is 0. The maximum atomic E-state index is 5.54. The summed E-state index contributed by atoms with van der Waals surface area (Å²) >= 11 is 0. The molecule has 1 atom stereocenters. The Morgan fingerprint density at radius 2 is 2.20 bits per heavy atom. The van der Waals surface area contributed by atoms with Crippen LogP contribution in [-0.2, 0) is 4.74 Å². The van der Waals surface area contributed by atoms with Gasteiger partial charge >= 0.3 is 0 Å². The fourth-order valence-corrected chi connectivity index (χ4v) is 1.47. The Morgan fingerprint density at radius 3 is 2.73 bits per heavy atom. The molecule has 80 valence electrons. The molecule has 0 unspecified atom stereocenters. The van der Waals surface area contributed by atoms with Gasteiger partial charge in [0.2, 0.25) is 5.90 Å². The molecule has 0 spiro atoms. The maximum Gasteiger partial charge on any atom is 0.235 e. The van der Waals surface area contributed by atoms with Gasteiger partial charge in [-0.25, -0.2) is 4.99 Å². The van der Waals surface area contributed by atoms with Crippen LogP contribution in [0.15, 0.2) is 23.3 Å². The summed E-state index contributed by atoms with van der Waals surface area (Å²) in [4.78, 5) is 8.82. The van der Waals surface area contributed by atoms with Crippen LogP contribution in [0.2, 0.25) is 0 Å². The highest BCUT2D eigenvalue weighted by Gasteiger charge is 2.23. The van der Waals surface area contributed by atoms with E-state index < -0.39 is 0 Å². The topological polar surface area (TPSA) is 34.5 Å². The van der Waals surface area contributed by atoms with Gasteiger partial charge in [0.05, 0.1) is 6.04 Å². The van der Waals surface area contributed by atoms with E-state index in [1.165, 1.54) is 0 Å². The number of hydrogen-bond acceptors (Lipinski definition) is 3. The zero-order valence-corrected chi connectivity index (χ0v) is 9.40. The SMILES string of the molecule is Cc1ccc(C2=N[C@H](C(C)C)CO2)nc1. The first kappa shape index (κ1) is 10.1. The largest absolute Gasteiger partial charge is 0.474 e. The molecule has 3 heteroatoms. The molecule has 0 aromatic carbocycles. The first-order valence-corrected chi connectivity index (χ1v) is 5.30. The Bertz CT molecular complexity index is 368. The Morgan fingerprint density at radius 1 is 1.40 bits per heavy atom. The number of aliphatic imine (C=N–C) groups is 1. The van der Waals surface area contributed by atoms with Gasteiger partial charge in [-0.3, -0.25) is 4.98 Å². The molecule has 0 saturated carbocycles. The van der Waals surface area contributed by atoms with Crippen molar-refractivity contribution >= 4 is 5.90 Å². The van der Waals surface area contributed by atoms with Gasteiger partial charge in [0.15, 0.2) is 0 Å². The molecular formula is C12H16N2O. The second-order valence-electron chi connectivity index (χ2n) is 4.28. The van der Waals surface area contributed by atoms with E-state index >= 15 is 0 Å². The molecule has 1 aromatic rings. The third-order valence-electron chi connectivity index (χ3n) is 2.57. The van der Waals surface area contributed by atoms with Crippen LogP contribution in [0.5, 0.6) is 0 Å². The maximum absolute atomic E-state index is 5.54. The van der Waals surface area contributed by atoms with Crippen molar-refractivity contribution in [3.63, 3.8) is 0 Å². The summed E-state index contributed by atoms with van der Waals surface area (Å²) in [7, 11) is 0. The number of rotatable bonds is 2. The lowest BCUT2D eigenvalue weighted by molar-refractivity contribution is 0.291. The zero-order chi connectivity index (χ0) is 10.8. The third-order valence-corrected chi connectivity index (χ3v) is 2.57. The van der Waals surface area contributed by atoms with Crippen LogP contribution in [0.1, 0.15) is 25.1 Å². The average Bonchev–Trinajstić information content (AvgIpc) is 2.68.